The van der Waals surface area contributed by atoms with E-state index in [0.29, 0.717) is 17.1 Å². The highest BCUT2D eigenvalue weighted by Crippen LogP contribution is 2.21. The van der Waals surface area contributed by atoms with E-state index in [-0.39, 0.29) is 11.8 Å². The highest BCUT2D eigenvalue weighted by atomic mass is 35.5. The molecule has 0 heterocycles. The first-order valence-electron chi connectivity index (χ1n) is 7.83. The Bertz CT molecular complexity index is 686. The zero-order chi connectivity index (χ0) is 17.5. The zero-order valence-electron chi connectivity index (χ0n) is 13.7. The summed E-state index contributed by atoms with van der Waals surface area (Å²) in [7, 11) is 0. The van der Waals surface area contributed by atoms with E-state index in [0.717, 1.165) is 5.56 Å². The summed E-state index contributed by atoms with van der Waals surface area (Å²) in [6.45, 7) is 3.47. The van der Waals surface area contributed by atoms with E-state index in [1.165, 1.54) is 0 Å². The molecule has 0 aliphatic carbocycles. The fraction of sp³-hybridized carbons (Fsp3) is 0.263. The van der Waals surface area contributed by atoms with Crippen molar-refractivity contribution in [3.05, 3.63) is 65.2 Å². The van der Waals surface area contributed by atoms with Gasteiger partial charge in [0.05, 0.1) is 5.92 Å². The maximum atomic E-state index is 12.4. The predicted molar refractivity (Wildman–Crippen MR) is 95.1 cm³/mol. The van der Waals surface area contributed by atoms with E-state index in [2.05, 4.69) is 5.32 Å². The lowest BCUT2D eigenvalue weighted by molar-refractivity contribution is -0.154. The highest BCUT2D eigenvalue weighted by molar-refractivity contribution is 6.30. The standard InChI is InChI=1S/C19H20ClNO3/c1-3-17(14-7-5-4-6-8-14)19(23)24-13(2)18(22)21-16-11-9-15(20)10-12-16/h4-13,17H,3H2,1-2H3,(H,21,22)/t13-,17+/m1/s1. The molecule has 2 aromatic carbocycles. The number of carbonyl (C=O) groups excluding carboxylic acids is 2. The maximum Gasteiger partial charge on any atom is 0.314 e. The number of hydrogen-bond acceptors (Lipinski definition) is 3. The summed E-state index contributed by atoms with van der Waals surface area (Å²) >= 11 is 5.81. The molecule has 1 amide bonds. The first kappa shape index (κ1) is 18.0. The van der Waals surface area contributed by atoms with Crippen LogP contribution in [0.5, 0.6) is 0 Å². The third-order valence-corrected chi connectivity index (χ3v) is 3.92. The molecule has 0 aromatic heterocycles. The van der Waals surface area contributed by atoms with Gasteiger partial charge in [-0.3, -0.25) is 9.59 Å². The van der Waals surface area contributed by atoms with Gasteiger partial charge in [-0.2, -0.15) is 0 Å². The Hall–Kier alpha value is -2.33. The second kappa shape index (κ2) is 8.50. The van der Waals surface area contributed by atoms with Crippen LogP contribution >= 0.6 is 11.6 Å². The van der Waals surface area contributed by atoms with Gasteiger partial charge in [-0.15, -0.1) is 0 Å². The summed E-state index contributed by atoms with van der Waals surface area (Å²) in [5.74, 6) is -1.16. The molecule has 0 aliphatic rings. The van der Waals surface area contributed by atoms with Crippen LogP contribution in [0.1, 0.15) is 31.7 Å². The molecule has 4 nitrogen and oxygen atoms in total. The molecule has 0 unspecified atom stereocenters. The zero-order valence-corrected chi connectivity index (χ0v) is 14.4. The summed E-state index contributed by atoms with van der Waals surface area (Å²) in [6, 6.07) is 16.1. The molecule has 24 heavy (non-hydrogen) atoms. The number of anilines is 1. The first-order valence-corrected chi connectivity index (χ1v) is 8.21. The SMILES string of the molecule is CC[C@H](C(=O)O[C@H](C)C(=O)Nc1ccc(Cl)cc1)c1ccccc1. The van der Waals surface area contributed by atoms with E-state index in [1.807, 2.05) is 37.3 Å². The predicted octanol–water partition coefficient (Wildman–Crippen LogP) is 4.40. The van der Waals surface area contributed by atoms with Crippen LogP contribution in [0.4, 0.5) is 5.69 Å². The minimum absolute atomic E-state index is 0.378. The van der Waals surface area contributed by atoms with Crippen molar-refractivity contribution in [2.45, 2.75) is 32.3 Å². The lowest BCUT2D eigenvalue weighted by Crippen LogP contribution is -2.31. The maximum absolute atomic E-state index is 12.4. The largest absolute Gasteiger partial charge is 0.452 e. The molecule has 5 heteroatoms. The number of nitrogens with one attached hydrogen (secondary N) is 1. The van der Waals surface area contributed by atoms with E-state index in [1.54, 1.807) is 31.2 Å². The summed E-state index contributed by atoms with van der Waals surface area (Å²) < 4.78 is 5.34. The normalized spacial score (nSPS) is 13.0. The fourth-order valence-corrected chi connectivity index (χ4v) is 2.44. The van der Waals surface area contributed by atoms with Gasteiger partial charge < -0.3 is 10.1 Å². The van der Waals surface area contributed by atoms with Gasteiger partial charge in [-0.05, 0) is 43.2 Å². The Morgan fingerprint density at radius 3 is 2.29 bits per heavy atom. The molecule has 0 bridgehead atoms. The topological polar surface area (TPSA) is 55.4 Å². The molecule has 126 valence electrons. The number of ether oxygens (including phenoxy) is 1. The van der Waals surface area contributed by atoms with Gasteiger partial charge in [-0.25, -0.2) is 0 Å². The molecule has 0 fully saturated rings. The Balaban J connectivity index is 1.97. The van der Waals surface area contributed by atoms with Gasteiger partial charge in [0.2, 0.25) is 0 Å². The van der Waals surface area contributed by atoms with Crippen LogP contribution in [-0.4, -0.2) is 18.0 Å². The van der Waals surface area contributed by atoms with Gasteiger partial charge in [0, 0.05) is 10.7 Å². The summed E-state index contributed by atoms with van der Waals surface area (Å²) in [5, 5.41) is 3.28. The minimum Gasteiger partial charge on any atom is -0.452 e. The van der Waals surface area contributed by atoms with Crippen LogP contribution in [0, 0.1) is 0 Å². The Labute approximate surface area is 146 Å². The van der Waals surface area contributed by atoms with E-state index >= 15 is 0 Å². The van der Waals surface area contributed by atoms with E-state index in [4.69, 9.17) is 16.3 Å². The van der Waals surface area contributed by atoms with Crippen LogP contribution in [0.3, 0.4) is 0 Å². The number of rotatable bonds is 6. The van der Waals surface area contributed by atoms with Crippen molar-refractivity contribution in [3.63, 3.8) is 0 Å². The van der Waals surface area contributed by atoms with Gasteiger partial charge in [-0.1, -0.05) is 48.9 Å². The van der Waals surface area contributed by atoms with Crippen molar-refractivity contribution in [3.8, 4) is 0 Å². The van der Waals surface area contributed by atoms with Crippen LogP contribution < -0.4 is 5.32 Å². The van der Waals surface area contributed by atoms with Crippen LogP contribution in [-0.2, 0) is 14.3 Å². The van der Waals surface area contributed by atoms with Crippen LogP contribution in [0.2, 0.25) is 5.02 Å². The van der Waals surface area contributed by atoms with Crippen molar-refractivity contribution in [2.75, 3.05) is 5.32 Å². The lowest BCUT2D eigenvalue weighted by Gasteiger charge is -2.18. The first-order chi connectivity index (χ1) is 11.5. The third-order valence-electron chi connectivity index (χ3n) is 3.67. The van der Waals surface area contributed by atoms with Crippen molar-refractivity contribution in [1.82, 2.24) is 0 Å². The lowest BCUT2D eigenvalue weighted by atomic mass is 9.97. The van der Waals surface area contributed by atoms with Gasteiger partial charge in [0.1, 0.15) is 0 Å². The monoisotopic (exact) mass is 345 g/mol. The van der Waals surface area contributed by atoms with Gasteiger partial charge >= 0.3 is 5.97 Å². The Morgan fingerprint density at radius 2 is 1.71 bits per heavy atom. The molecule has 2 aromatic rings. The molecule has 0 spiro atoms. The van der Waals surface area contributed by atoms with Crippen molar-refractivity contribution < 1.29 is 14.3 Å². The number of halogens is 1. The van der Waals surface area contributed by atoms with Gasteiger partial charge in [0.15, 0.2) is 6.10 Å². The molecule has 2 rings (SSSR count). The van der Waals surface area contributed by atoms with Crippen molar-refractivity contribution in [2.24, 2.45) is 0 Å². The average Bonchev–Trinajstić information content (AvgIpc) is 2.58. The third kappa shape index (κ3) is 4.83. The van der Waals surface area contributed by atoms with Crippen molar-refractivity contribution in [1.29, 1.82) is 0 Å². The number of amides is 1. The van der Waals surface area contributed by atoms with Crippen LogP contribution in [0.15, 0.2) is 54.6 Å². The number of hydrogen-bond donors (Lipinski definition) is 1. The summed E-state index contributed by atoms with van der Waals surface area (Å²) in [4.78, 5) is 24.5. The number of benzene rings is 2. The van der Waals surface area contributed by atoms with E-state index < -0.39 is 12.1 Å². The fourth-order valence-electron chi connectivity index (χ4n) is 2.31. The van der Waals surface area contributed by atoms with Crippen molar-refractivity contribution >= 4 is 29.2 Å². The smallest absolute Gasteiger partial charge is 0.314 e. The van der Waals surface area contributed by atoms with E-state index in [9.17, 15) is 9.59 Å². The number of esters is 1. The molecule has 1 N–H and O–H groups in total. The second-order valence-corrected chi connectivity index (χ2v) is 5.88. The molecule has 2 atom stereocenters. The van der Waals surface area contributed by atoms with Crippen LogP contribution in [0.25, 0.3) is 0 Å². The number of carbonyl (C=O) groups is 2. The summed E-state index contributed by atoms with van der Waals surface area (Å²) in [6.07, 6.45) is -0.278. The quantitative estimate of drug-likeness (QED) is 0.789. The molecule has 0 saturated heterocycles. The Kier molecular flexibility index (Phi) is 6.38. The molecule has 0 saturated carbocycles. The second-order valence-electron chi connectivity index (χ2n) is 5.45. The summed E-state index contributed by atoms with van der Waals surface area (Å²) in [5.41, 5.74) is 1.48. The molecule has 0 aliphatic heterocycles. The average molecular weight is 346 g/mol. The minimum atomic E-state index is -0.883. The highest BCUT2D eigenvalue weighted by Gasteiger charge is 2.25. The molecular weight excluding hydrogens is 326 g/mol. The molecule has 0 radical (unpaired) electrons. The van der Waals surface area contributed by atoms with Gasteiger partial charge in [0.25, 0.3) is 5.91 Å². The molecular formula is C19H20ClNO3. The Morgan fingerprint density at radius 1 is 1.08 bits per heavy atom.